The van der Waals surface area contributed by atoms with E-state index in [4.69, 9.17) is 10.5 Å². The zero-order valence-corrected chi connectivity index (χ0v) is 12.7. The number of benzene rings is 1. The van der Waals surface area contributed by atoms with Crippen LogP contribution in [0.2, 0.25) is 0 Å². The Morgan fingerprint density at radius 2 is 2.05 bits per heavy atom. The van der Waals surface area contributed by atoms with E-state index in [1.165, 1.54) is 0 Å². The number of nitrogens with zero attached hydrogens (tertiary/aromatic N) is 1. The van der Waals surface area contributed by atoms with E-state index in [1.54, 1.807) is 0 Å². The number of carbonyl (C=O) groups is 1. The van der Waals surface area contributed by atoms with Crippen LogP contribution in [0.4, 0.5) is 0 Å². The van der Waals surface area contributed by atoms with Gasteiger partial charge in [0.2, 0.25) is 0 Å². The molecule has 1 aromatic carbocycles. The molecule has 4 nitrogen and oxygen atoms in total. The third-order valence-corrected chi connectivity index (χ3v) is 3.57. The maximum Gasteiger partial charge on any atom is 0.254 e. The molecule has 5 heteroatoms. The predicted molar refractivity (Wildman–Crippen MR) is 82.6 cm³/mol. The predicted octanol–water partition coefficient (Wildman–Crippen LogP) is 2.46. The molecule has 0 radical (unpaired) electrons. The van der Waals surface area contributed by atoms with Crippen molar-refractivity contribution in [1.29, 1.82) is 0 Å². The number of carbonyl (C=O) groups excluding carboxylic acids is 1. The summed E-state index contributed by atoms with van der Waals surface area (Å²) in [6, 6.07) is 7.54. The minimum atomic E-state index is 0. The lowest BCUT2D eigenvalue weighted by molar-refractivity contribution is 0.0623. The van der Waals surface area contributed by atoms with Crippen molar-refractivity contribution in [3.05, 3.63) is 29.8 Å². The molecule has 1 aromatic rings. The molecule has 112 valence electrons. The van der Waals surface area contributed by atoms with E-state index >= 15 is 0 Å². The lowest BCUT2D eigenvalue weighted by atomic mass is 10.0. The highest BCUT2D eigenvalue weighted by molar-refractivity contribution is 5.94. The first-order chi connectivity index (χ1) is 9.26. The molecule has 2 rings (SSSR count). The van der Waals surface area contributed by atoms with E-state index in [-0.39, 0.29) is 24.4 Å². The van der Waals surface area contributed by atoms with Crippen molar-refractivity contribution in [2.45, 2.75) is 32.2 Å². The fraction of sp³-hybridized carbons (Fsp3) is 0.533. The quantitative estimate of drug-likeness (QED) is 0.929. The number of hydrogen-bond donors (Lipinski definition) is 1. The van der Waals surface area contributed by atoms with Crippen molar-refractivity contribution in [3.8, 4) is 5.75 Å². The first kappa shape index (κ1) is 16.8. The second kappa shape index (κ2) is 8.12. The number of likely N-dealkylation sites (tertiary alicyclic amines) is 1. The lowest BCUT2D eigenvalue weighted by Gasteiger charge is -2.35. The fourth-order valence-corrected chi connectivity index (χ4v) is 2.54. The molecule has 20 heavy (non-hydrogen) atoms. The third kappa shape index (κ3) is 3.87. The SMILES string of the molecule is CCOc1ccc(C(=O)N2CCCCC2CN)cc1.Cl. The molecule has 1 amide bonds. The number of ether oxygens (including phenoxy) is 1. The van der Waals surface area contributed by atoms with Gasteiger partial charge >= 0.3 is 0 Å². The van der Waals surface area contributed by atoms with E-state index in [2.05, 4.69) is 0 Å². The summed E-state index contributed by atoms with van der Waals surface area (Å²) in [5, 5.41) is 0. The highest BCUT2D eigenvalue weighted by Gasteiger charge is 2.26. The van der Waals surface area contributed by atoms with Crippen LogP contribution in [0.3, 0.4) is 0 Å². The minimum absolute atomic E-state index is 0. The maximum atomic E-state index is 12.5. The van der Waals surface area contributed by atoms with Gasteiger partial charge in [-0.15, -0.1) is 12.4 Å². The van der Waals surface area contributed by atoms with Crippen LogP contribution in [0, 0.1) is 0 Å². The van der Waals surface area contributed by atoms with Crippen LogP contribution in [-0.4, -0.2) is 36.5 Å². The first-order valence-electron chi connectivity index (χ1n) is 7.00. The zero-order valence-electron chi connectivity index (χ0n) is 11.9. The van der Waals surface area contributed by atoms with Crippen LogP contribution in [0.25, 0.3) is 0 Å². The van der Waals surface area contributed by atoms with Crippen LogP contribution < -0.4 is 10.5 Å². The smallest absolute Gasteiger partial charge is 0.254 e. The number of rotatable bonds is 4. The highest BCUT2D eigenvalue weighted by Crippen LogP contribution is 2.20. The lowest BCUT2D eigenvalue weighted by Crippen LogP contribution is -2.47. The number of piperidine rings is 1. The van der Waals surface area contributed by atoms with Crippen LogP contribution >= 0.6 is 12.4 Å². The van der Waals surface area contributed by atoms with Crippen LogP contribution in [0.1, 0.15) is 36.5 Å². The maximum absolute atomic E-state index is 12.5. The summed E-state index contributed by atoms with van der Waals surface area (Å²) >= 11 is 0. The van der Waals surface area contributed by atoms with Gasteiger partial charge in [0.05, 0.1) is 6.61 Å². The molecule has 0 aromatic heterocycles. The standard InChI is InChI=1S/C15H22N2O2.ClH/c1-2-19-14-8-6-12(7-9-14)15(18)17-10-4-3-5-13(17)11-16;/h6-9,13H,2-5,10-11,16H2,1H3;1H. The van der Waals surface area contributed by atoms with Gasteiger partial charge < -0.3 is 15.4 Å². The zero-order chi connectivity index (χ0) is 13.7. The minimum Gasteiger partial charge on any atom is -0.494 e. The van der Waals surface area contributed by atoms with E-state index in [1.807, 2.05) is 36.1 Å². The summed E-state index contributed by atoms with van der Waals surface area (Å²) in [7, 11) is 0. The van der Waals surface area contributed by atoms with Gasteiger partial charge in [-0.2, -0.15) is 0 Å². The van der Waals surface area contributed by atoms with Crippen molar-refractivity contribution >= 4 is 18.3 Å². The van der Waals surface area contributed by atoms with Crippen LogP contribution in [-0.2, 0) is 0 Å². The summed E-state index contributed by atoms with van der Waals surface area (Å²) in [5.74, 6) is 0.881. The molecule has 1 unspecified atom stereocenters. The Morgan fingerprint density at radius 3 is 2.65 bits per heavy atom. The second-order valence-electron chi connectivity index (χ2n) is 4.84. The summed E-state index contributed by atoms with van der Waals surface area (Å²) in [5.41, 5.74) is 6.47. The topological polar surface area (TPSA) is 55.6 Å². The average molecular weight is 299 g/mol. The van der Waals surface area contributed by atoms with Gasteiger partial charge in [0.15, 0.2) is 0 Å². The Balaban J connectivity index is 0.00000200. The normalized spacial score (nSPS) is 18.3. The second-order valence-corrected chi connectivity index (χ2v) is 4.84. The number of nitrogens with two attached hydrogens (primary N) is 1. The highest BCUT2D eigenvalue weighted by atomic mass is 35.5. The molecular weight excluding hydrogens is 276 g/mol. The Hall–Kier alpha value is -1.26. The largest absolute Gasteiger partial charge is 0.494 e. The van der Waals surface area contributed by atoms with E-state index in [0.29, 0.717) is 18.7 Å². The monoisotopic (exact) mass is 298 g/mol. The Labute approximate surface area is 126 Å². The molecule has 0 bridgehead atoms. The van der Waals surface area contributed by atoms with E-state index in [9.17, 15) is 4.79 Å². The van der Waals surface area contributed by atoms with Gasteiger partial charge in [-0.1, -0.05) is 0 Å². The molecule has 1 saturated heterocycles. The van der Waals surface area contributed by atoms with Crippen molar-refractivity contribution < 1.29 is 9.53 Å². The van der Waals surface area contributed by atoms with Gasteiger partial charge in [-0.25, -0.2) is 0 Å². The van der Waals surface area contributed by atoms with Gasteiger partial charge in [0, 0.05) is 24.7 Å². The molecule has 2 N–H and O–H groups in total. The molecular formula is C15H23ClN2O2. The fourth-order valence-electron chi connectivity index (χ4n) is 2.54. The molecule has 1 aliphatic rings. The summed E-state index contributed by atoms with van der Waals surface area (Å²) in [6.45, 7) is 3.93. The van der Waals surface area contributed by atoms with Crippen molar-refractivity contribution in [1.82, 2.24) is 4.90 Å². The number of halogens is 1. The molecule has 0 spiro atoms. The van der Waals surface area contributed by atoms with Crippen molar-refractivity contribution in [3.63, 3.8) is 0 Å². The van der Waals surface area contributed by atoms with Crippen molar-refractivity contribution in [2.75, 3.05) is 19.7 Å². The van der Waals surface area contributed by atoms with E-state index < -0.39 is 0 Å². The van der Waals surface area contributed by atoms with Crippen LogP contribution in [0.5, 0.6) is 5.75 Å². The van der Waals surface area contributed by atoms with Gasteiger partial charge in [-0.3, -0.25) is 4.79 Å². The summed E-state index contributed by atoms with van der Waals surface area (Å²) < 4.78 is 5.38. The number of amides is 1. The van der Waals surface area contributed by atoms with Gasteiger partial charge in [0.25, 0.3) is 5.91 Å². The number of hydrogen-bond acceptors (Lipinski definition) is 3. The van der Waals surface area contributed by atoms with E-state index in [0.717, 1.165) is 31.6 Å². The summed E-state index contributed by atoms with van der Waals surface area (Å²) in [6.07, 6.45) is 3.24. The Kier molecular flexibility index (Phi) is 6.82. The first-order valence-corrected chi connectivity index (χ1v) is 7.00. The molecule has 0 aliphatic carbocycles. The summed E-state index contributed by atoms with van der Waals surface area (Å²) in [4.78, 5) is 14.4. The molecule has 1 aliphatic heterocycles. The average Bonchev–Trinajstić information content (AvgIpc) is 2.47. The molecule has 1 atom stereocenters. The molecule has 1 heterocycles. The Bertz CT molecular complexity index is 422. The molecule has 0 saturated carbocycles. The van der Waals surface area contributed by atoms with Gasteiger partial charge in [-0.05, 0) is 50.5 Å². The molecule has 1 fully saturated rings. The van der Waals surface area contributed by atoms with Gasteiger partial charge in [0.1, 0.15) is 5.75 Å². The van der Waals surface area contributed by atoms with Crippen LogP contribution in [0.15, 0.2) is 24.3 Å². The Morgan fingerprint density at radius 1 is 1.35 bits per heavy atom. The third-order valence-electron chi connectivity index (χ3n) is 3.57. The van der Waals surface area contributed by atoms with Crippen molar-refractivity contribution in [2.24, 2.45) is 5.73 Å².